The highest BCUT2D eigenvalue weighted by Gasteiger charge is 2.23. The Balaban J connectivity index is 2.03. The lowest BCUT2D eigenvalue weighted by atomic mass is 10.0. The molecule has 0 aromatic heterocycles. The molecule has 0 aliphatic carbocycles. The van der Waals surface area contributed by atoms with Gasteiger partial charge >= 0.3 is 0 Å². The minimum Gasteiger partial charge on any atom is -0.487 e. The van der Waals surface area contributed by atoms with E-state index < -0.39 is 6.10 Å². The Morgan fingerprint density at radius 2 is 1.95 bits per heavy atom. The monoisotopic (exact) mass is 326 g/mol. The molecule has 0 bridgehead atoms. The van der Waals surface area contributed by atoms with Crippen LogP contribution in [0.2, 0.25) is 5.02 Å². The van der Waals surface area contributed by atoms with E-state index in [1.54, 1.807) is 12.1 Å². The maximum atomic E-state index is 10.4. The number of nitrogens with zero attached hydrogens (tertiary/aromatic N) is 1. The molecule has 1 aromatic rings. The summed E-state index contributed by atoms with van der Waals surface area (Å²) >= 11 is 6.27. The Labute approximate surface area is 138 Å². The standard InChI is InChI=1S/C17H27ClN2O2/c1-17(2,3)22-15-7-6-12(10-13(15)18)16(21)14(19)11-20-8-4-5-9-20/h6-7,10,14,16,21H,4-5,8-9,11,19H2,1-3H3/t14-,16-/m1/s1. The smallest absolute Gasteiger partial charge is 0.138 e. The maximum absolute atomic E-state index is 10.4. The zero-order chi connectivity index (χ0) is 16.3. The van der Waals surface area contributed by atoms with Crippen molar-refractivity contribution in [1.29, 1.82) is 0 Å². The third kappa shape index (κ3) is 4.85. The van der Waals surface area contributed by atoms with Crippen LogP contribution >= 0.6 is 11.6 Å². The molecule has 1 heterocycles. The average molecular weight is 327 g/mol. The van der Waals surface area contributed by atoms with Crippen LogP contribution in [-0.4, -0.2) is 41.3 Å². The molecule has 0 unspecified atom stereocenters. The Kier molecular flexibility index (Phi) is 5.72. The summed E-state index contributed by atoms with van der Waals surface area (Å²) in [4.78, 5) is 2.30. The molecule has 2 atom stereocenters. The summed E-state index contributed by atoms with van der Waals surface area (Å²) in [5.74, 6) is 0.623. The van der Waals surface area contributed by atoms with Crippen LogP contribution < -0.4 is 10.5 Å². The van der Waals surface area contributed by atoms with Gasteiger partial charge in [0.2, 0.25) is 0 Å². The van der Waals surface area contributed by atoms with Crippen LogP contribution in [-0.2, 0) is 0 Å². The number of rotatable bonds is 5. The largest absolute Gasteiger partial charge is 0.487 e. The lowest BCUT2D eigenvalue weighted by Gasteiger charge is -2.26. The molecule has 1 fully saturated rings. The molecule has 2 rings (SSSR count). The number of likely N-dealkylation sites (tertiary alicyclic amines) is 1. The average Bonchev–Trinajstić information content (AvgIpc) is 2.91. The number of aliphatic hydroxyl groups excluding tert-OH is 1. The van der Waals surface area contributed by atoms with Crippen molar-refractivity contribution in [3.8, 4) is 5.75 Å². The Hall–Kier alpha value is -0.810. The van der Waals surface area contributed by atoms with Crippen LogP contribution in [0.15, 0.2) is 18.2 Å². The third-order valence-electron chi connectivity index (χ3n) is 3.79. The third-order valence-corrected chi connectivity index (χ3v) is 4.08. The highest BCUT2D eigenvalue weighted by Crippen LogP contribution is 2.31. The summed E-state index contributed by atoms with van der Waals surface area (Å²) in [6.45, 7) is 8.76. The number of ether oxygens (including phenoxy) is 1. The molecule has 1 saturated heterocycles. The first kappa shape index (κ1) is 17.5. The van der Waals surface area contributed by atoms with Crippen LogP contribution in [0.1, 0.15) is 45.3 Å². The lowest BCUT2D eigenvalue weighted by Crippen LogP contribution is -2.40. The molecule has 0 saturated carbocycles. The molecule has 5 heteroatoms. The highest BCUT2D eigenvalue weighted by molar-refractivity contribution is 6.32. The van der Waals surface area contributed by atoms with Gasteiger partial charge in [0.1, 0.15) is 11.4 Å². The van der Waals surface area contributed by atoms with Crippen LogP contribution in [0.25, 0.3) is 0 Å². The van der Waals surface area contributed by atoms with E-state index in [4.69, 9.17) is 22.1 Å². The topological polar surface area (TPSA) is 58.7 Å². The van der Waals surface area contributed by atoms with Gasteiger partial charge in [-0.25, -0.2) is 0 Å². The Morgan fingerprint density at radius 3 is 2.50 bits per heavy atom. The van der Waals surface area contributed by atoms with Crippen molar-refractivity contribution in [1.82, 2.24) is 4.90 Å². The van der Waals surface area contributed by atoms with E-state index in [0.29, 0.717) is 17.3 Å². The molecule has 1 aliphatic heterocycles. The lowest BCUT2D eigenvalue weighted by molar-refractivity contribution is 0.123. The quantitative estimate of drug-likeness (QED) is 0.873. The predicted molar refractivity (Wildman–Crippen MR) is 90.4 cm³/mol. The molecule has 0 spiro atoms. The van der Waals surface area contributed by atoms with Crippen molar-refractivity contribution < 1.29 is 9.84 Å². The summed E-state index contributed by atoms with van der Waals surface area (Å²) in [5.41, 5.74) is 6.58. The SMILES string of the molecule is CC(C)(C)Oc1ccc([C@@H](O)[C@H](N)CN2CCCC2)cc1Cl. The molecular formula is C17H27ClN2O2. The zero-order valence-electron chi connectivity index (χ0n) is 13.7. The highest BCUT2D eigenvalue weighted by atomic mass is 35.5. The second kappa shape index (κ2) is 7.18. The summed E-state index contributed by atoms with van der Waals surface area (Å²) in [7, 11) is 0. The van der Waals surface area contributed by atoms with E-state index in [9.17, 15) is 5.11 Å². The fourth-order valence-corrected chi connectivity index (χ4v) is 2.95. The van der Waals surface area contributed by atoms with Gasteiger partial charge in [-0.1, -0.05) is 17.7 Å². The van der Waals surface area contributed by atoms with E-state index in [-0.39, 0.29) is 11.6 Å². The van der Waals surface area contributed by atoms with E-state index in [1.165, 1.54) is 12.8 Å². The minimum atomic E-state index is -0.721. The number of hydrogen-bond donors (Lipinski definition) is 2. The van der Waals surface area contributed by atoms with Crippen LogP contribution in [0, 0.1) is 0 Å². The fraction of sp³-hybridized carbons (Fsp3) is 0.647. The Morgan fingerprint density at radius 1 is 1.32 bits per heavy atom. The van der Waals surface area contributed by atoms with Crippen molar-refractivity contribution in [2.45, 2.75) is 51.4 Å². The van der Waals surface area contributed by atoms with Crippen LogP contribution in [0.4, 0.5) is 0 Å². The summed E-state index contributed by atoms with van der Waals surface area (Å²) in [5, 5.41) is 10.9. The predicted octanol–water partition coefficient (Wildman–Crippen LogP) is 2.97. The summed E-state index contributed by atoms with van der Waals surface area (Å²) in [6, 6.07) is 5.07. The van der Waals surface area contributed by atoms with Crippen molar-refractivity contribution in [2.75, 3.05) is 19.6 Å². The van der Waals surface area contributed by atoms with Gasteiger partial charge in [0.15, 0.2) is 0 Å². The number of halogens is 1. The van der Waals surface area contributed by atoms with Gasteiger partial charge in [-0.05, 0) is 64.4 Å². The molecule has 3 N–H and O–H groups in total. The first-order chi connectivity index (χ1) is 10.3. The van der Waals surface area contributed by atoms with Gasteiger partial charge in [0.05, 0.1) is 11.1 Å². The number of benzene rings is 1. The van der Waals surface area contributed by atoms with Crippen molar-refractivity contribution >= 4 is 11.6 Å². The molecule has 0 amide bonds. The summed E-state index contributed by atoms with van der Waals surface area (Å²) in [6.07, 6.45) is 1.71. The first-order valence-electron chi connectivity index (χ1n) is 7.91. The number of aliphatic hydroxyl groups is 1. The van der Waals surface area contributed by atoms with Gasteiger partial charge in [-0.2, -0.15) is 0 Å². The van der Waals surface area contributed by atoms with E-state index in [1.807, 2.05) is 26.8 Å². The van der Waals surface area contributed by atoms with E-state index >= 15 is 0 Å². The Bertz CT molecular complexity index is 496. The molecule has 1 aromatic carbocycles. The van der Waals surface area contributed by atoms with Crippen molar-refractivity contribution in [2.24, 2.45) is 5.73 Å². The van der Waals surface area contributed by atoms with Crippen LogP contribution in [0.3, 0.4) is 0 Å². The maximum Gasteiger partial charge on any atom is 0.138 e. The molecule has 1 aliphatic rings. The summed E-state index contributed by atoms with van der Waals surface area (Å²) < 4.78 is 5.78. The van der Waals surface area contributed by atoms with Crippen molar-refractivity contribution in [3.63, 3.8) is 0 Å². The molecule has 22 heavy (non-hydrogen) atoms. The second-order valence-electron chi connectivity index (χ2n) is 7.02. The molecule has 0 radical (unpaired) electrons. The molecule has 4 nitrogen and oxygen atoms in total. The van der Waals surface area contributed by atoms with Crippen molar-refractivity contribution in [3.05, 3.63) is 28.8 Å². The van der Waals surface area contributed by atoms with Gasteiger partial charge in [0.25, 0.3) is 0 Å². The van der Waals surface area contributed by atoms with E-state index in [2.05, 4.69) is 4.90 Å². The second-order valence-corrected chi connectivity index (χ2v) is 7.43. The zero-order valence-corrected chi connectivity index (χ0v) is 14.4. The van der Waals surface area contributed by atoms with Crippen LogP contribution in [0.5, 0.6) is 5.75 Å². The normalized spacial score (nSPS) is 19.2. The molecule has 124 valence electrons. The number of nitrogens with two attached hydrogens (primary N) is 1. The first-order valence-corrected chi connectivity index (χ1v) is 8.28. The van der Waals surface area contributed by atoms with Gasteiger partial charge < -0.3 is 20.5 Å². The minimum absolute atomic E-state index is 0.310. The van der Waals surface area contributed by atoms with Gasteiger partial charge in [0, 0.05) is 12.6 Å². The number of hydrogen-bond acceptors (Lipinski definition) is 4. The fourth-order valence-electron chi connectivity index (χ4n) is 2.72. The van der Waals surface area contributed by atoms with E-state index in [0.717, 1.165) is 18.7 Å². The van der Waals surface area contributed by atoms with Gasteiger partial charge in [-0.15, -0.1) is 0 Å². The van der Waals surface area contributed by atoms with Gasteiger partial charge in [-0.3, -0.25) is 0 Å². The molecular weight excluding hydrogens is 300 g/mol.